The van der Waals surface area contributed by atoms with Crippen LogP contribution in [0.25, 0.3) is 0 Å². The lowest BCUT2D eigenvalue weighted by molar-refractivity contribution is 0.125. The summed E-state index contributed by atoms with van der Waals surface area (Å²) in [6, 6.07) is 0.694. The molecule has 13 heavy (non-hydrogen) atoms. The summed E-state index contributed by atoms with van der Waals surface area (Å²) in [7, 11) is 0. The molecular weight excluding hydrogens is 160 g/mol. The minimum absolute atomic E-state index is 0.694. The van der Waals surface area contributed by atoms with Crippen LogP contribution in [0.1, 0.15) is 39.5 Å². The van der Waals surface area contributed by atoms with Gasteiger partial charge in [-0.05, 0) is 45.2 Å². The largest absolute Gasteiger partial charge is 0.330 e. The highest BCUT2D eigenvalue weighted by molar-refractivity contribution is 4.76. The Balaban J connectivity index is 2.32. The van der Waals surface area contributed by atoms with Gasteiger partial charge >= 0.3 is 0 Å². The molecule has 0 aromatic rings. The fraction of sp³-hybridized carbons (Fsp3) is 1.00. The zero-order valence-corrected chi connectivity index (χ0v) is 9.13. The third kappa shape index (κ3) is 3.28. The van der Waals surface area contributed by atoms with Crippen molar-refractivity contribution in [3.8, 4) is 0 Å². The van der Waals surface area contributed by atoms with Crippen molar-refractivity contribution in [2.75, 3.05) is 19.6 Å². The maximum Gasteiger partial charge on any atom is 0.00790 e. The van der Waals surface area contributed by atoms with E-state index < -0.39 is 0 Å². The first kappa shape index (κ1) is 11.0. The first-order chi connectivity index (χ1) is 6.27. The standard InChI is InChI=1S/C11H24N2/c1-3-11-5-4-8-13(9-11)10(2)6-7-12/h10-11H,3-9,12H2,1-2H3. The zero-order valence-electron chi connectivity index (χ0n) is 9.13. The van der Waals surface area contributed by atoms with Crippen molar-refractivity contribution in [2.45, 2.75) is 45.6 Å². The Kier molecular flexibility index (Phi) is 4.74. The molecule has 1 rings (SSSR count). The second-order valence-electron chi connectivity index (χ2n) is 4.34. The normalized spacial score (nSPS) is 27.5. The van der Waals surface area contributed by atoms with Crippen LogP contribution in [0.2, 0.25) is 0 Å². The zero-order chi connectivity index (χ0) is 9.68. The molecule has 0 radical (unpaired) electrons. The molecule has 0 bridgehead atoms. The molecule has 2 N–H and O–H groups in total. The molecule has 1 heterocycles. The van der Waals surface area contributed by atoms with Crippen LogP contribution >= 0.6 is 0 Å². The van der Waals surface area contributed by atoms with Gasteiger partial charge in [-0.1, -0.05) is 13.3 Å². The second kappa shape index (κ2) is 5.61. The van der Waals surface area contributed by atoms with Crippen molar-refractivity contribution in [2.24, 2.45) is 11.7 Å². The molecule has 78 valence electrons. The first-order valence-corrected chi connectivity index (χ1v) is 5.72. The van der Waals surface area contributed by atoms with Crippen LogP contribution in [0.5, 0.6) is 0 Å². The smallest absolute Gasteiger partial charge is 0.00790 e. The van der Waals surface area contributed by atoms with Crippen LogP contribution in [0.4, 0.5) is 0 Å². The SMILES string of the molecule is CCC1CCCN(C(C)CCN)C1. The predicted octanol–water partition coefficient (Wildman–Crippen LogP) is 1.85. The molecular formula is C11H24N2. The molecule has 1 aliphatic rings. The highest BCUT2D eigenvalue weighted by Crippen LogP contribution is 2.21. The number of nitrogens with two attached hydrogens (primary N) is 1. The fourth-order valence-electron chi connectivity index (χ4n) is 2.25. The molecule has 2 unspecified atom stereocenters. The third-order valence-corrected chi connectivity index (χ3v) is 3.34. The molecule has 2 nitrogen and oxygen atoms in total. The van der Waals surface area contributed by atoms with E-state index in [2.05, 4.69) is 18.7 Å². The van der Waals surface area contributed by atoms with Gasteiger partial charge in [0.05, 0.1) is 0 Å². The molecule has 0 amide bonds. The molecule has 2 atom stereocenters. The Morgan fingerprint density at radius 3 is 2.92 bits per heavy atom. The topological polar surface area (TPSA) is 29.3 Å². The maximum atomic E-state index is 5.58. The van der Waals surface area contributed by atoms with Crippen LogP contribution in [0.3, 0.4) is 0 Å². The van der Waals surface area contributed by atoms with Crippen LogP contribution in [-0.4, -0.2) is 30.6 Å². The molecule has 1 saturated heterocycles. The van der Waals surface area contributed by atoms with Crippen LogP contribution in [-0.2, 0) is 0 Å². The average Bonchev–Trinajstić information content (AvgIpc) is 2.18. The lowest BCUT2D eigenvalue weighted by Crippen LogP contribution is -2.41. The van der Waals surface area contributed by atoms with E-state index in [0.717, 1.165) is 18.9 Å². The predicted molar refractivity (Wildman–Crippen MR) is 57.7 cm³/mol. The van der Waals surface area contributed by atoms with E-state index in [-0.39, 0.29) is 0 Å². The van der Waals surface area contributed by atoms with Gasteiger partial charge in [0.25, 0.3) is 0 Å². The van der Waals surface area contributed by atoms with Gasteiger partial charge < -0.3 is 10.6 Å². The summed E-state index contributed by atoms with van der Waals surface area (Å²) in [6.45, 7) is 8.04. The first-order valence-electron chi connectivity index (χ1n) is 5.72. The van der Waals surface area contributed by atoms with E-state index in [1.807, 2.05) is 0 Å². The van der Waals surface area contributed by atoms with Gasteiger partial charge in [-0.25, -0.2) is 0 Å². The van der Waals surface area contributed by atoms with Crippen molar-refractivity contribution < 1.29 is 0 Å². The summed E-state index contributed by atoms with van der Waals surface area (Å²) in [4.78, 5) is 2.62. The summed E-state index contributed by atoms with van der Waals surface area (Å²) in [5.74, 6) is 0.939. The van der Waals surface area contributed by atoms with Crippen molar-refractivity contribution >= 4 is 0 Å². The van der Waals surface area contributed by atoms with E-state index in [4.69, 9.17) is 5.73 Å². The summed E-state index contributed by atoms with van der Waals surface area (Å²) in [5, 5.41) is 0. The number of piperidine rings is 1. The minimum atomic E-state index is 0.694. The quantitative estimate of drug-likeness (QED) is 0.722. The number of nitrogens with zero attached hydrogens (tertiary/aromatic N) is 1. The Hall–Kier alpha value is -0.0800. The van der Waals surface area contributed by atoms with Crippen molar-refractivity contribution in [3.05, 3.63) is 0 Å². The summed E-state index contributed by atoms with van der Waals surface area (Å²) >= 11 is 0. The Morgan fingerprint density at radius 2 is 2.31 bits per heavy atom. The van der Waals surface area contributed by atoms with E-state index in [0.29, 0.717) is 6.04 Å². The van der Waals surface area contributed by atoms with E-state index in [1.54, 1.807) is 0 Å². The Morgan fingerprint density at radius 1 is 1.54 bits per heavy atom. The van der Waals surface area contributed by atoms with Gasteiger partial charge in [-0.3, -0.25) is 0 Å². The van der Waals surface area contributed by atoms with E-state index in [1.165, 1.54) is 32.4 Å². The van der Waals surface area contributed by atoms with E-state index in [9.17, 15) is 0 Å². The van der Waals surface area contributed by atoms with Gasteiger partial charge in [-0.15, -0.1) is 0 Å². The lowest BCUT2D eigenvalue weighted by Gasteiger charge is -2.36. The molecule has 0 aliphatic carbocycles. The van der Waals surface area contributed by atoms with Crippen molar-refractivity contribution in [1.82, 2.24) is 4.90 Å². The molecule has 0 spiro atoms. The van der Waals surface area contributed by atoms with E-state index >= 15 is 0 Å². The maximum absolute atomic E-state index is 5.58. The van der Waals surface area contributed by atoms with Gasteiger partial charge in [0, 0.05) is 12.6 Å². The fourth-order valence-corrected chi connectivity index (χ4v) is 2.25. The van der Waals surface area contributed by atoms with Gasteiger partial charge in [0.15, 0.2) is 0 Å². The summed E-state index contributed by atoms with van der Waals surface area (Å²) < 4.78 is 0. The van der Waals surface area contributed by atoms with Gasteiger partial charge in [0.2, 0.25) is 0 Å². The van der Waals surface area contributed by atoms with Crippen LogP contribution in [0.15, 0.2) is 0 Å². The Labute approximate surface area is 82.5 Å². The minimum Gasteiger partial charge on any atom is -0.330 e. The van der Waals surface area contributed by atoms with Gasteiger partial charge in [-0.2, -0.15) is 0 Å². The number of rotatable bonds is 4. The van der Waals surface area contributed by atoms with Crippen molar-refractivity contribution in [3.63, 3.8) is 0 Å². The molecule has 1 fully saturated rings. The number of hydrogen-bond acceptors (Lipinski definition) is 2. The second-order valence-corrected chi connectivity index (χ2v) is 4.34. The summed E-state index contributed by atoms with van der Waals surface area (Å²) in [6.07, 6.45) is 5.30. The molecule has 1 aliphatic heterocycles. The molecule has 2 heteroatoms. The average molecular weight is 184 g/mol. The molecule has 0 aromatic carbocycles. The molecule has 0 aromatic heterocycles. The summed E-state index contributed by atoms with van der Waals surface area (Å²) in [5.41, 5.74) is 5.58. The van der Waals surface area contributed by atoms with Crippen LogP contribution < -0.4 is 5.73 Å². The Bertz CT molecular complexity index is 136. The molecule has 0 saturated carbocycles. The number of hydrogen-bond donors (Lipinski definition) is 1. The van der Waals surface area contributed by atoms with Gasteiger partial charge in [0.1, 0.15) is 0 Å². The third-order valence-electron chi connectivity index (χ3n) is 3.34. The van der Waals surface area contributed by atoms with Crippen LogP contribution in [0, 0.1) is 5.92 Å². The van der Waals surface area contributed by atoms with Crippen molar-refractivity contribution in [1.29, 1.82) is 0 Å². The highest BCUT2D eigenvalue weighted by atomic mass is 15.2. The highest BCUT2D eigenvalue weighted by Gasteiger charge is 2.21. The monoisotopic (exact) mass is 184 g/mol. The number of likely N-dealkylation sites (tertiary alicyclic amines) is 1. The lowest BCUT2D eigenvalue weighted by atomic mass is 9.94.